The minimum atomic E-state index is -0.287. The summed E-state index contributed by atoms with van der Waals surface area (Å²) >= 11 is 0. The average molecular weight is 296 g/mol. The van der Waals surface area contributed by atoms with E-state index in [1.54, 1.807) is 6.92 Å². The zero-order chi connectivity index (χ0) is 13.8. The number of benzene rings is 1. The van der Waals surface area contributed by atoms with Crippen molar-refractivity contribution in [3.05, 3.63) is 41.8 Å². The molecule has 0 saturated carbocycles. The Morgan fingerprint density at radius 3 is 2.65 bits per heavy atom. The Bertz CT molecular complexity index is 569. The van der Waals surface area contributed by atoms with E-state index in [1.807, 2.05) is 37.3 Å². The van der Waals surface area contributed by atoms with E-state index in [4.69, 9.17) is 10.2 Å². The molecule has 1 heterocycles. The molecule has 5 nitrogen and oxygen atoms in total. The van der Waals surface area contributed by atoms with Crippen LogP contribution in [0.1, 0.15) is 23.2 Å². The molecule has 0 radical (unpaired) electrons. The first kappa shape index (κ1) is 16.2. The molecule has 0 fully saturated rings. The van der Waals surface area contributed by atoms with Gasteiger partial charge in [0.2, 0.25) is 11.7 Å². The number of carbonyl (C=O) groups excluding carboxylic acids is 1. The molecule has 108 valence electrons. The second kappa shape index (κ2) is 7.07. The third-order valence-electron chi connectivity index (χ3n) is 2.75. The standard InChI is InChI=1S/C14H17N3O2.ClH/c1-9(8-15)16-13(18)12-10(2)17-14(19-12)11-6-4-3-5-7-11;/h3-7,9H,8,15H2,1-2H3,(H,16,18);1H/t9-;/m0./s1. The highest BCUT2D eigenvalue weighted by Gasteiger charge is 2.19. The molecule has 1 amide bonds. The van der Waals surface area contributed by atoms with Gasteiger partial charge in [0.15, 0.2) is 0 Å². The van der Waals surface area contributed by atoms with E-state index < -0.39 is 0 Å². The quantitative estimate of drug-likeness (QED) is 0.905. The summed E-state index contributed by atoms with van der Waals surface area (Å²) in [6.07, 6.45) is 0. The number of nitrogens with zero attached hydrogens (tertiary/aromatic N) is 1. The zero-order valence-corrected chi connectivity index (χ0v) is 12.2. The zero-order valence-electron chi connectivity index (χ0n) is 11.4. The lowest BCUT2D eigenvalue weighted by atomic mass is 10.2. The van der Waals surface area contributed by atoms with Gasteiger partial charge in [0.1, 0.15) is 0 Å². The maximum Gasteiger partial charge on any atom is 0.289 e. The summed E-state index contributed by atoms with van der Waals surface area (Å²) in [5.41, 5.74) is 6.89. The van der Waals surface area contributed by atoms with Crippen molar-refractivity contribution in [3.63, 3.8) is 0 Å². The van der Waals surface area contributed by atoms with Crippen LogP contribution in [0.4, 0.5) is 0 Å². The monoisotopic (exact) mass is 295 g/mol. The molecular formula is C14H18ClN3O2. The maximum absolute atomic E-state index is 12.0. The lowest BCUT2D eigenvalue weighted by Crippen LogP contribution is -2.37. The van der Waals surface area contributed by atoms with E-state index in [0.29, 0.717) is 18.1 Å². The van der Waals surface area contributed by atoms with Crippen LogP contribution in [0.25, 0.3) is 11.5 Å². The number of aromatic nitrogens is 1. The summed E-state index contributed by atoms with van der Waals surface area (Å²) in [4.78, 5) is 16.3. The molecule has 1 atom stereocenters. The van der Waals surface area contributed by atoms with Crippen LogP contribution in [0.5, 0.6) is 0 Å². The van der Waals surface area contributed by atoms with E-state index >= 15 is 0 Å². The topological polar surface area (TPSA) is 81.2 Å². The molecule has 0 aliphatic rings. The van der Waals surface area contributed by atoms with Gasteiger partial charge in [0.25, 0.3) is 5.91 Å². The smallest absolute Gasteiger partial charge is 0.289 e. The fourth-order valence-corrected chi connectivity index (χ4v) is 1.66. The Morgan fingerprint density at radius 1 is 1.40 bits per heavy atom. The molecule has 3 N–H and O–H groups in total. The third-order valence-corrected chi connectivity index (χ3v) is 2.75. The van der Waals surface area contributed by atoms with E-state index in [2.05, 4.69) is 10.3 Å². The number of oxazole rings is 1. The van der Waals surface area contributed by atoms with Gasteiger partial charge in [0, 0.05) is 18.2 Å². The van der Waals surface area contributed by atoms with Crippen LogP contribution in [-0.2, 0) is 0 Å². The second-order valence-corrected chi connectivity index (χ2v) is 4.41. The first-order valence-corrected chi connectivity index (χ1v) is 6.15. The van der Waals surface area contributed by atoms with Gasteiger partial charge in [-0.15, -0.1) is 12.4 Å². The summed E-state index contributed by atoms with van der Waals surface area (Å²) in [7, 11) is 0. The van der Waals surface area contributed by atoms with Gasteiger partial charge in [-0.25, -0.2) is 4.98 Å². The lowest BCUT2D eigenvalue weighted by molar-refractivity contribution is 0.0913. The van der Waals surface area contributed by atoms with Crippen molar-refractivity contribution in [1.82, 2.24) is 10.3 Å². The Kier molecular flexibility index (Phi) is 5.73. The van der Waals surface area contributed by atoms with Gasteiger partial charge in [-0.2, -0.15) is 0 Å². The molecule has 1 aromatic carbocycles. The van der Waals surface area contributed by atoms with Crippen molar-refractivity contribution in [1.29, 1.82) is 0 Å². The largest absolute Gasteiger partial charge is 0.431 e. The fourth-order valence-electron chi connectivity index (χ4n) is 1.66. The Hall–Kier alpha value is -1.85. The summed E-state index contributed by atoms with van der Waals surface area (Å²) in [6.45, 7) is 3.96. The first-order valence-electron chi connectivity index (χ1n) is 6.15. The Morgan fingerprint density at radius 2 is 2.05 bits per heavy atom. The molecule has 0 aliphatic carbocycles. The summed E-state index contributed by atoms with van der Waals surface area (Å²) < 4.78 is 5.54. The minimum absolute atomic E-state index is 0. The van der Waals surface area contributed by atoms with Gasteiger partial charge in [-0.1, -0.05) is 18.2 Å². The highest BCUT2D eigenvalue weighted by atomic mass is 35.5. The number of aryl methyl sites for hydroxylation is 1. The van der Waals surface area contributed by atoms with Gasteiger partial charge < -0.3 is 15.5 Å². The molecule has 20 heavy (non-hydrogen) atoms. The van der Waals surface area contributed by atoms with Gasteiger partial charge in [0.05, 0.1) is 5.69 Å². The Balaban J connectivity index is 0.00000200. The normalized spacial score (nSPS) is 11.6. The van der Waals surface area contributed by atoms with Crippen LogP contribution >= 0.6 is 12.4 Å². The predicted molar refractivity (Wildman–Crippen MR) is 79.9 cm³/mol. The molecule has 2 rings (SSSR count). The van der Waals surface area contributed by atoms with Crippen molar-refractivity contribution in [2.45, 2.75) is 19.9 Å². The SMILES string of the molecule is Cc1nc(-c2ccccc2)oc1C(=O)N[C@@H](C)CN.Cl. The van der Waals surface area contributed by atoms with E-state index in [-0.39, 0.29) is 30.1 Å². The number of hydrogen-bond donors (Lipinski definition) is 2. The van der Waals surface area contributed by atoms with Crippen LogP contribution in [-0.4, -0.2) is 23.5 Å². The molecular weight excluding hydrogens is 278 g/mol. The number of nitrogens with two attached hydrogens (primary N) is 1. The van der Waals surface area contributed by atoms with Crippen LogP contribution in [0.2, 0.25) is 0 Å². The number of carbonyl (C=O) groups is 1. The third kappa shape index (κ3) is 3.59. The molecule has 0 bridgehead atoms. The van der Waals surface area contributed by atoms with E-state index in [9.17, 15) is 4.79 Å². The minimum Gasteiger partial charge on any atom is -0.431 e. The molecule has 0 spiro atoms. The van der Waals surface area contributed by atoms with Crippen LogP contribution in [0.3, 0.4) is 0 Å². The first-order chi connectivity index (χ1) is 9.11. The highest BCUT2D eigenvalue weighted by molar-refractivity contribution is 5.93. The predicted octanol–water partition coefficient (Wildman–Crippen LogP) is 2.15. The number of amides is 1. The van der Waals surface area contributed by atoms with Crippen molar-refractivity contribution in [2.75, 3.05) is 6.54 Å². The number of nitrogens with one attached hydrogen (secondary N) is 1. The van der Waals surface area contributed by atoms with Crippen LogP contribution in [0, 0.1) is 6.92 Å². The van der Waals surface area contributed by atoms with Crippen LogP contribution < -0.4 is 11.1 Å². The van der Waals surface area contributed by atoms with Crippen LogP contribution in [0.15, 0.2) is 34.7 Å². The maximum atomic E-state index is 12.0. The van der Waals surface area contributed by atoms with Crippen molar-refractivity contribution < 1.29 is 9.21 Å². The molecule has 6 heteroatoms. The highest BCUT2D eigenvalue weighted by Crippen LogP contribution is 2.21. The average Bonchev–Trinajstić information content (AvgIpc) is 2.81. The molecule has 2 aromatic rings. The lowest BCUT2D eigenvalue weighted by Gasteiger charge is -2.09. The van der Waals surface area contributed by atoms with E-state index in [0.717, 1.165) is 5.56 Å². The van der Waals surface area contributed by atoms with Gasteiger partial charge >= 0.3 is 0 Å². The molecule has 0 saturated heterocycles. The van der Waals surface area contributed by atoms with Crippen molar-refractivity contribution in [3.8, 4) is 11.5 Å². The van der Waals surface area contributed by atoms with Gasteiger partial charge in [-0.05, 0) is 26.0 Å². The summed E-state index contributed by atoms with van der Waals surface area (Å²) in [5, 5.41) is 2.75. The van der Waals surface area contributed by atoms with Gasteiger partial charge in [-0.3, -0.25) is 4.79 Å². The molecule has 0 unspecified atom stereocenters. The van der Waals surface area contributed by atoms with Crippen molar-refractivity contribution in [2.24, 2.45) is 5.73 Å². The van der Waals surface area contributed by atoms with E-state index in [1.165, 1.54) is 0 Å². The fraction of sp³-hybridized carbons (Fsp3) is 0.286. The second-order valence-electron chi connectivity index (χ2n) is 4.41. The molecule has 0 aliphatic heterocycles. The number of halogens is 1. The Labute approximate surface area is 124 Å². The summed E-state index contributed by atoms with van der Waals surface area (Å²) in [6, 6.07) is 9.37. The number of rotatable bonds is 4. The number of hydrogen-bond acceptors (Lipinski definition) is 4. The summed E-state index contributed by atoms with van der Waals surface area (Å²) in [5.74, 6) is 0.396. The molecule has 1 aromatic heterocycles. The van der Waals surface area contributed by atoms with Crippen molar-refractivity contribution >= 4 is 18.3 Å².